The van der Waals surface area contributed by atoms with Crippen LogP contribution in [0, 0.1) is 6.92 Å². The van der Waals surface area contributed by atoms with Crippen LogP contribution in [0.15, 0.2) is 35.1 Å². The van der Waals surface area contributed by atoms with Crippen LogP contribution in [0.3, 0.4) is 0 Å². The Morgan fingerprint density at radius 1 is 1.22 bits per heavy atom. The molecular weight excluding hydrogens is 344 g/mol. The van der Waals surface area contributed by atoms with E-state index in [1.165, 1.54) is 10.6 Å². The quantitative estimate of drug-likeness (QED) is 0.847. The van der Waals surface area contributed by atoms with Crippen LogP contribution in [0.25, 0.3) is 5.69 Å². The van der Waals surface area contributed by atoms with Crippen molar-refractivity contribution < 1.29 is 14.7 Å². The van der Waals surface area contributed by atoms with Crippen LogP contribution in [-0.2, 0) is 6.42 Å². The minimum Gasteiger partial charge on any atom is -0.394 e. The molecule has 0 bridgehead atoms. The van der Waals surface area contributed by atoms with Crippen molar-refractivity contribution in [3.63, 3.8) is 0 Å². The number of hydrogen-bond donors (Lipinski definition) is 2. The number of aliphatic hydroxyl groups is 1. The van der Waals surface area contributed by atoms with Gasteiger partial charge < -0.3 is 10.4 Å². The normalized spacial score (nSPS) is 14.6. The summed E-state index contributed by atoms with van der Waals surface area (Å²) in [5, 5.41) is 12.0. The highest BCUT2D eigenvalue weighted by Crippen LogP contribution is 2.23. The fourth-order valence-electron chi connectivity index (χ4n) is 3.36. The molecule has 1 heterocycles. The molecule has 1 aromatic heterocycles. The smallest absolute Gasteiger partial charge is 0.268 e. The molecule has 2 N–H and O–H groups in total. The lowest BCUT2D eigenvalue weighted by atomic mass is 9.92. The van der Waals surface area contributed by atoms with Gasteiger partial charge in [-0.25, -0.2) is 0 Å². The zero-order chi connectivity index (χ0) is 19.6. The number of pyridine rings is 1. The summed E-state index contributed by atoms with van der Waals surface area (Å²) in [7, 11) is 0. The van der Waals surface area contributed by atoms with Crippen LogP contribution in [0.5, 0.6) is 0 Å². The molecule has 0 unspecified atom stereocenters. The molecule has 6 heteroatoms. The zero-order valence-electron chi connectivity index (χ0n) is 15.6. The Kier molecular flexibility index (Phi) is 5.56. The summed E-state index contributed by atoms with van der Waals surface area (Å²) in [4.78, 5) is 38.3. The van der Waals surface area contributed by atoms with Crippen molar-refractivity contribution in [3.05, 3.63) is 63.1 Å². The van der Waals surface area contributed by atoms with Crippen molar-refractivity contribution in [1.29, 1.82) is 0 Å². The van der Waals surface area contributed by atoms with Crippen LogP contribution >= 0.6 is 0 Å². The number of aliphatic hydroxyl groups excluding tert-OH is 1. The maximum Gasteiger partial charge on any atom is 0.268 e. The van der Waals surface area contributed by atoms with E-state index < -0.39 is 17.5 Å². The summed E-state index contributed by atoms with van der Waals surface area (Å²) in [5.74, 6) is -0.622. The van der Waals surface area contributed by atoms with Crippen LogP contribution < -0.4 is 10.9 Å². The summed E-state index contributed by atoms with van der Waals surface area (Å²) < 4.78 is 1.49. The van der Waals surface area contributed by atoms with Gasteiger partial charge >= 0.3 is 0 Å². The number of ketones is 1. The number of carbonyl (C=O) groups is 2. The number of amides is 1. The van der Waals surface area contributed by atoms with E-state index in [0.29, 0.717) is 42.6 Å². The molecular formula is C21H24N2O4. The largest absolute Gasteiger partial charge is 0.394 e. The van der Waals surface area contributed by atoms with E-state index in [1.54, 1.807) is 0 Å². The number of fused-ring (bicyclic) bond motifs is 1. The van der Waals surface area contributed by atoms with Gasteiger partial charge in [-0.15, -0.1) is 0 Å². The van der Waals surface area contributed by atoms with Crippen LogP contribution in [-0.4, -0.2) is 34.0 Å². The van der Waals surface area contributed by atoms with E-state index in [0.717, 1.165) is 5.56 Å². The molecule has 0 saturated carbocycles. The minimum absolute atomic E-state index is 0.0552. The Bertz CT molecular complexity index is 924. The minimum atomic E-state index is -0.567. The second-order valence-electron chi connectivity index (χ2n) is 6.93. The molecule has 0 spiro atoms. The third kappa shape index (κ3) is 3.71. The van der Waals surface area contributed by atoms with E-state index in [9.17, 15) is 19.5 Å². The van der Waals surface area contributed by atoms with E-state index >= 15 is 0 Å². The summed E-state index contributed by atoms with van der Waals surface area (Å²) in [6.45, 7) is 3.58. The van der Waals surface area contributed by atoms with Gasteiger partial charge in [0.25, 0.3) is 11.5 Å². The molecule has 0 aliphatic heterocycles. The highest BCUT2D eigenvalue weighted by Gasteiger charge is 2.26. The van der Waals surface area contributed by atoms with Gasteiger partial charge in [0.2, 0.25) is 0 Å². The number of carbonyl (C=O) groups excluding carboxylic acids is 2. The van der Waals surface area contributed by atoms with Gasteiger partial charge in [-0.05, 0) is 44.4 Å². The van der Waals surface area contributed by atoms with Crippen molar-refractivity contribution in [1.82, 2.24) is 9.88 Å². The maximum absolute atomic E-state index is 13.2. The standard InChI is InChI=1S/C21H24N2O4/c1-3-14(12-24)22-20(26)17-11-16-18(5-4-6-19(16)25)23(21(17)27)15-9-7-13(2)8-10-15/h7-11,14,24H,3-6,12H2,1-2H3,(H,22,26)/t14-/m0/s1. The Morgan fingerprint density at radius 2 is 1.93 bits per heavy atom. The van der Waals surface area contributed by atoms with Gasteiger partial charge in [0, 0.05) is 23.4 Å². The number of Topliss-reactive ketones (excluding diaryl/α,β-unsaturated/α-hetero) is 1. The van der Waals surface area contributed by atoms with E-state index in [-0.39, 0.29) is 18.0 Å². The highest BCUT2D eigenvalue weighted by molar-refractivity contribution is 6.02. The van der Waals surface area contributed by atoms with Gasteiger partial charge in [-0.2, -0.15) is 0 Å². The molecule has 2 aromatic rings. The molecule has 1 aliphatic rings. The van der Waals surface area contributed by atoms with Gasteiger partial charge in [0.15, 0.2) is 5.78 Å². The van der Waals surface area contributed by atoms with E-state index in [1.807, 2.05) is 38.1 Å². The van der Waals surface area contributed by atoms with Crippen LogP contribution in [0.2, 0.25) is 0 Å². The Balaban J connectivity index is 2.18. The summed E-state index contributed by atoms with van der Waals surface area (Å²) >= 11 is 0. The number of hydrogen-bond acceptors (Lipinski definition) is 4. The third-order valence-electron chi connectivity index (χ3n) is 5.01. The fourth-order valence-corrected chi connectivity index (χ4v) is 3.36. The average molecular weight is 368 g/mol. The molecule has 142 valence electrons. The zero-order valence-corrected chi connectivity index (χ0v) is 15.6. The van der Waals surface area contributed by atoms with Gasteiger partial charge in [-0.3, -0.25) is 19.0 Å². The third-order valence-corrected chi connectivity index (χ3v) is 5.01. The second kappa shape index (κ2) is 7.88. The molecule has 27 heavy (non-hydrogen) atoms. The number of nitrogens with one attached hydrogen (secondary N) is 1. The van der Waals surface area contributed by atoms with Gasteiger partial charge in [-0.1, -0.05) is 24.6 Å². The lowest BCUT2D eigenvalue weighted by Crippen LogP contribution is -2.41. The predicted octanol–water partition coefficient (Wildman–Crippen LogP) is 2.17. The Morgan fingerprint density at radius 3 is 2.56 bits per heavy atom. The van der Waals surface area contributed by atoms with Crippen molar-refractivity contribution in [2.75, 3.05) is 6.61 Å². The molecule has 0 saturated heterocycles. The van der Waals surface area contributed by atoms with E-state index in [4.69, 9.17) is 0 Å². The second-order valence-corrected chi connectivity index (χ2v) is 6.93. The number of benzene rings is 1. The topological polar surface area (TPSA) is 88.4 Å². The molecule has 1 amide bonds. The number of aromatic nitrogens is 1. The first-order valence-electron chi connectivity index (χ1n) is 9.27. The van der Waals surface area contributed by atoms with Crippen molar-refractivity contribution in [2.45, 2.75) is 45.6 Å². The lowest BCUT2D eigenvalue weighted by molar-refractivity contribution is 0.0913. The predicted molar refractivity (Wildman–Crippen MR) is 103 cm³/mol. The summed E-state index contributed by atoms with van der Waals surface area (Å²) in [6.07, 6.45) is 2.25. The first-order valence-corrected chi connectivity index (χ1v) is 9.27. The summed E-state index contributed by atoms with van der Waals surface area (Å²) in [5.41, 5.74) is 2.27. The molecule has 1 atom stereocenters. The molecule has 3 rings (SSSR count). The highest BCUT2D eigenvalue weighted by atomic mass is 16.3. The monoisotopic (exact) mass is 368 g/mol. The van der Waals surface area contributed by atoms with Crippen molar-refractivity contribution >= 4 is 11.7 Å². The lowest BCUT2D eigenvalue weighted by Gasteiger charge is -2.22. The van der Waals surface area contributed by atoms with Crippen LogP contribution in [0.4, 0.5) is 0 Å². The average Bonchev–Trinajstić information content (AvgIpc) is 2.67. The number of nitrogens with zero attached hydrogens (tertiary/aromatic N) is 1. The number of aryl methyl sites for hydroxylation is 1. The fraction of sp³-hybridized carbons (Fsp3) is 0.381. The van der Waals surface area contributed by atoms with Crippen molar-refractivity contribution in [3.8, 4) is 5.69 Å². The Labute approximate surface area is 157 Å². The van der Waals surface area contributed by atoms with Gasteiger partial charge in [0.05, 0.1) is 12.6 Å². The van der Waals surface area contributed by atoms with Gasteiger partial charge in [0.1, 0.15) is 5.56 Å². The summed E-state index contributed by atoms with van der Waals surface area (Å²) in [6, 6.07) is 8.41. The first-order chi connectivity index (χ1) is 13.0. The molecule has 1 aliphatic carbocycles. The first kappa shape index (κ1) is 19.0. The molecule has 6 nitrogen and oxygen atoms in total. The maximum atomic E-state index is 13.2. The van der Waals surface area contributed by atoms with Crippen LogP contribution in [0.1, 0.15) is 58.2 Å². The van der Waals surface area contributed by atoms with E-state index in [2.05, 4.69) is 5.32 Å². The Hall–Kier alpha value is -2.73. The molecule has 0 fully saturated rings. The molecule has 1 aromatic carbocycles. The molecule has 0 radical (unpaired) electrons. The SMILES string of the molecule is CC[C@@H](CO)NC(=O)c1cc2c(n(-c3ccc(C)cc3)c1=O)CCCC2=O. The van der Waals surface area contributed by atoms with Crippen molar-refractivity contribution in [2.24, 2.45) is 0 Å². The number of rotatable bonds is 5.